The van der Waals surface area contributed by atoms with Crippen LogP contribution in [0.2, 0.25) is 0 Å². The highest BCUT2D eigenvalue weighted by molar-refractivity contribution is 7.99. The Bertz CT molecular complexity index is 1070. The number of aromatic nitrogens is 3. The van der Waals surface area contributed by atoms with E-state index in [0.717, 1.165) is 33.7 Å². The van der Waals surface area contributed by atoms with Gasteiger partial charge in [-0.15, -0.1) is 16.8 Å². The Balaban J connectivity index is 1.66. The fourth-order valence-corrected chi connectivity index (χ4v) is 3.93. The van der Waals surface area contributed by atoms with Crippen LogP contribution < -0.4 is 10.1 Å². The van der Waals surface area contributed by atoms with Crippen molar-refractivity contribution in [2.24, 2.45) is 0 Å². The molecule has 0 saturated heterocycles. The van der Waals surface area contributed by atoms with Gasteiger partial charge in [0.05, 0.1) is 5.75 Å². The number of ether oxygens (including phenoxy) is 1. The third-order valence-electron chi connectivity index (χ3n) is 4.88. The summed E-state index contributed by atoms with van der Waals surface area (Å²) in [7, 11) is 0. The molecule has 7 heteroatoms. The minimum absolute atomic E-state index is 0.0799. The Hall–Kier alpha value is -3.06. The molecule has 0 fully saturated rings. The van der Waals surface area contributed by atoms with Crippen LogP contribution >= 0.6 is 11.8 Å². The summed E-state index contributed by atoms with van der Waals surface area (Å²) in [4.78, 5) is 12.5. The predicted octanol–water partition coefficient (Wildman–Crippen LogP) is 5.01. The van der Waals surface area contributed by atoms with Gasteiger partial charge in [-0.25, -0.2) is 0 Å². The van der Waals surface area contributed by atoms with E-state index in [1.165, 1.54) is 11.8 Å². The van der Waals surface area contributed by atoms with Crippen molar-refractivity contribution in [3.8, 4) is 5.75 Å². The molecule has 0 saturated carbocycles. The summed E-state index contributed by atoms with van der Waals surface area (Å²) in [6.07, 6.45) is 1.78. The summed E-state index contributed by atoms with van der Waals surface area (Å²) in [5.74, 6) is 1.68. The molecule has 162 valence electrons. The first-order valence-corrected chi connectivity index (χ1v) is 11.1. The molecule has 0 aliphatic carbocycles. The smallest absolute Gasteiger partial charge is 0.234 e. The number of hydrogen-bond acceptors (Lipinski definition) is 5. The monoisotopic (exact) mass is 436 g/mol. The molecule has 3 rings (SSSR count). The van der Waals surface area contributed by atoms with Crippen molar-refractivity contribution in [3.63, 3.8) is 0 Å². The van der Waals surface area contributed by atoms with Gasteiger partial charge in [-0.2, -0.15) is 0 Å². The summed E-state index contributed by atoms with van der Waals surface area (Å²) in [5, 5.41) is 12.2. The maximum Gasteiger partial charge on any atom is 0.234 e. The van der Waals surface area contributed by atoms with Gasteiger partial charge in [0.2, 0.25) is 5.91 Å². The van der Waals surface area contributed by atoms with Crippen LogP contribution in [0.3, 0.4) is 0 Å². The molecule has 0 bridgehead atoms. The van der Waals surface area contributed by atoms with Crippen LogP contribution in [0.1, 0.15) is 28.1 Å². The van der Waals surface area contributed by atoms with Crippen molar-refractivity contribution >= 4 is 23.4 Å². The lowest BCUT2D eigenvalue weighted by atomic mass is 10.1. The lowest BCUT2D eigenvalue weighted by Gasteiger charge is -2.12. The number of benzene rings is 2. The zero-order chi connectivity index (χ0) is 22.4. The fraction of sp³-hybridized carbons (Fsp3) is 0.292. The number of nitrogens with one attached hydrogen (secondary N) is 1. The SMILES string of the molecule is C=CCn1c(COc2cc(C)ccc2C)nnc1SCC(=O)Nc1c(C)cccc1C. The van der Waals surface area contributed by atoms with Gasteiger partial charge in [0, 0.05) is 12.2 Å². The van der Waals surface area contributed by atoms with Gasteiger partial charge in [-0.3, -0.25) is 9.36 Å². The normalized spacial score (nSPS) is 10.7. The number of allylic oxidation sites excluding steroid dienone is 1. The summed E-state index contributed by atoms with van der Waals surface area (Å²) >= 11 is 1.35. The topological polar surface area (TPSA) is 69.0 Å². The van der Waals surface area contributed by atoms with Crippen LogP contribution in [0.25, 0.3) is 0 Å². The van der Waals surface area contributed by atoms with Crippen LogP contribution in [0.15, 0.2) is 54.2 Å². The van der Waals surface area contributed by atoms with Crippen molar-refractivity contribution in [2.75, 3.05) is 11.1 Å². The molecular weight excluding hydrogens is 408 g/mol. The number of anilines is 1. The van der Waals surface area contributed by atoms with Crippen molar-refractivity contribution in [2.45, 2.75) is 46.0 Å². The molecular formula is C24H28N4O2S. The zero-order valence-electron chi connectivity index (χ0n) is 18.4. The summed E-state index contributed by atoms with van der Waals surface area (Å²) < 4.78 is 7.91. The number of carbonyl (C=O) groups is 1. The summed E-state index contributed by atoms with van der Waals surface area (Å²) in [6, 6.07) is 12.1. The van der Waals surface area contributed by atoms with Crippen LogP contribution in [0.4, 0.5) is 5.69 Å². The molecule has 1 amide bonds. The number of hydrogen-bond donors (Lipinski definition) is 1. The maximum absolute atomic E-state index is 12.5. The van der Waals surface area contributed by atoms with Crippen LogP contribution in [-0.2, 0) is 17.9 Å². The van der Waals surface area contributed by atoms with Crippen LogP contribution in [0.5, 0.6) is 5.75 Å². The molecule has 2 aromatic carbocycles. The van der Waals surface area contributed by atoms with E-state index in [1.54, 1.807) is 6.08 Å². The minimum Gasteiger partial charge on any atom is -0.485 e. The van der Waals surface area contributed by atoms with E-state index in [9.17, 15) is 4.79 Å². The third-order valence-corrected chi connectivity index (χ3v) is 5.85. The molecule has 1 N–H and O–H groups in total. The standard InChI is InChI=1S/C24H28N4O2S/c1-6-12-28-21(14-30-20-13-16(2)10-11-17(20)3)26-27-24(28)31-15-22(29)25-23-18(4)8-7-9-19(23)5/h6-11,13H,1,12,14-15H2,2-5H3,(H,25,29). The molecule has 0 aliphatic heterocycles. The van der Waals surface area contributed by atoms with Crippen LogP contribution in [-0.4, -0.2) is 26.4 Å². The van der Waals surface area contributed by atoms with E-state index in [1.807, 2.05) is 62.6 Å². The molecule has 31 heavy (non-hydrogen) atoms. The Labute approximate surface area is 187 Å². The van der Waals surface area contributed by atoms with Gasteiger partial charge < -0.3 is 10.1 Å². The molecule has 1 aromatic heterocycles. The number of carbonyl (C=O) groups excluding carboxylic acids is 1. The quantitative estimate of drug-likeness (QED) is 0.377. The lowest BCUT2D eigenvalue weighted by Crippen LogP contribution is -2.16. The van der Waals surface area contributed by atoms with Gasteiger partial charge in [0.25, 0.3) is 0 Å². The molecule has 6 nitrogen and oxygen atoms in total. The Morgan fingerprint density at radius 3 is 2.58 bits per heavy atom. The van der Waals surface area contributed by atoms with E-state index in [2.05, 4.69) is 28.2 Å². The summed E-state index contributed by atoms with van der Waals surface area (Å²) in [5.41, 5.74) is 5.15. The number of para-hydroxylation sites is 1. The molecule has 3 aromatic rings. The second kappa shape index (κ2) is 10.3. The number of amides is 1. The van der Waals surface area contributed by atoms with E-state index in [-0.39, 0.29) is 11.7 Å². The highest BCUT2D eigenvalue weighted by Crippen LogP contribution is 2.23. The van der Waals surface area contributed by atoms with Gasteiger partial charge in [0.1, 0.15) is 12.4 Å². The van der Waals surface area contributed by atoms with Crippen molar-refractivity contribution < 1.29 is 9.53 Å². The first-order chi connectivity index (χ1) is 14.9. The molecule has 0 radical (unpaired) electrons. The number of rotatable bonds is 9. The average molecular weight is 437 g/mol. The maximum atomic E-state index is 12.5. The fourth-order valence-electron chi connectivity index (χ4n) is 3.17. The Kier molecular flexibility index (Phi) is 7.52. The Morgan fingerprint density at radius 2 is 1.87 bits per heavy atom. The number of thioether (sulfide) groups is 1. The Morgan fingerprint density at radius 1 is 1.13 bits per heavy atom. The first-order valence-electron chi connectivity index (χ1n) is 10.1. The number of nitrogens with zero attached hydrogens (tertiary/aromatic N) is 3. The first kappa shape index (κ1) is 22.6. The second-order valence-corrected chi connectivity index (χ2v) is 8.40. The van der Waals surface area contributed by atoms with Gasteiger partial charge in [-0.05, 0) is 56.0 Å². The largest absolute Gasteiger partial charge is 0.485 e. The molecule has 1 heterocycles. The predicted molar refractivity (Wildman–Crippen MR) is 126 cm³/mol. The molecule has 0 atom stereocenters. The van der Waals surface area contributed by atoms with Crippen LogP contribution in [0, 0.1) is 27.7 Å². The van der Waals surface area contributed by atoms with Gasteiger partial charge in [0.15, 0.2) is 11.0 Å². The molecule has 0 spiro atoms. The van der Waals surface area contributed by atoms with Crippen molar-refractivity contribution in [3.05, 3.63) is 77.1 Å². The van der Waals surface area contributed by atoms with E-state index < -0.39 is 0 Å². The average Bonchev–Trinajstić information content (AvgIpc) is 3.12. The number of aryl methyl sites for hydroxylation is 4. The summed E-state index contributed by atoms with van der Waals surface area (Å²) in [6.45, 7) is 12.7. The van der Waals surface area contributed by atoms with Crippen molar-refractivity contribution in [1.29, 1.82) is 0 Å². The van der Waals surface area contributed by atoms with E-state index in [0.29, 0.717) is 24.1 Å². The minimum atomic E-state index is -0.0799. The van der Waals surface area contributed by atoms with Gasteiger partial charge in [-0.1, -0.05) is 48.2 Å². The zero-order valence-corrected chi connectivity index (χ0v) is 19.3. The third kappa shape index (κ3) is 5.76. The molecule has 0 unspecified atom stereocenters. The highest BCUT2D eigenvalue weighted by atomic mass is 32.2. The van der Waals surface area contributed by atoms with Crippen molar-refractivity contribution in [1.82, 2.24) is 14.8 Å². The highest BCUT2D eigenvalue weighted by Gasteiger charge is 2.15. The molecule has 0 aliphatic rings. The van der Waals surface area contributed by atoms with E-state index >= 15 is 0 Å². The second-order valence-electron chi connectivity index (χ2n) is 7.46. The van der Waals surface area contributed by atoms with E-state index in [4.69, 9.17) is 4.74 Å². The van der Waals surface area contributed by atoms with Gasteiger partial charge >= 0.3 is 0 Å². The lowest BCUT2D eigenvalue weighted by molar-refractivity contribution is -0.113.